The molecule has 0 radical (unpaired) electrons. The molecule has 2 aromatic heterocycles. The van der Waals surface area contributed by atoms with Gasteiger partial charge in [-0.25, -0.2) is 0 Å². The second-order valence-corrected chi connectivity index (χ2v) is 5.63. The van der Waals surface area contributed by atoms with E-state index in [4.69, 9.17) is 12.2 Å². The van der Waals surface area contributed by atoms with Crippen molar-refractivity contribution in [1.82, 2.24) is 20.7 Å². The monoisotopic (exact) mass is 404 g/mol. The zero-order chi connectivity index (χ0) is 16.0. The second kappa shape index (κ2) is 12.3. The van der Waals surface area contributed by atoms with Gasteiger partial charge in [0, 0.05) is 12.4 Å². The molecule has 121 valence electrons. The van der Waals surface area contributed by atoms with Gasteiger partial charge in [0.2, 0.25) is 0 Å². The van der Waals surface area contributed by atoms with Crippen LogP contribution in [0.4, 0.5) is 0 Å². The van der Waals surface area contributed by atoms with E-state index in [-0.39, 0.29) is 0 Å². The maximum atomic E-state index is 5.08. The third-order valence-corrected chi connectivity index (χ3v) is 2.44. The van der Waals surface area contributed by atoms with Gasteiger partial charge in [-0.3, -0.25) is 15.4 Å². The molecule has 0 amide bonds. The van der Waals surface area contributed by atoms with Gasteiger partial charge in [0.15, 0.2) is 5.11 Å². The molecule has 0 atom stereocenters. The first kappa shape index (κ1) is 18.8. The topological polar surface area (TPSA) is 62.2 Å². The Hall–Kier alpha value is -1.24. The van der Waals surface area contributed by atoms with Crippen molar-refractivity contribution in [2.75, 3.05) is 0 Å². The summed E-state index contributed by atoms with van der Waals surface area (Å²) < 4.78 is 0. The minimum atomic E-state index is 0.442. The van der Waals surface area contributed by atoms with Crippen LogP contribution in [0.1, 0.15) is 11.4 Å². The second-order valence-electron chi connectivity index (χ2n) is 3.67. The minimum absolute atomic E-state index is 0.442. The quantitative estimate of drug-likeness (QED) is 0.354. The van der Waals surface area contributed by atoms with Crippen molar-refractivity contribution in [3.63, 3.8) is 0 Å². The molecule has 22 heavy (non-hydrogen) atoms. The van der Waals surface area contributed by atoms with Crippen molar-refractivity contribution in [3.05, 3.63) is 60.2 Å². The molecule has 0 aliphatic carbocycles. The number of hydrogen-bond acceptors (Lipinski definition) is 4. The molecule has 0 fully saturated rings. The first-order valence-electron chi connectivity index (χ1n) is 5.95. The summed E-state index contributed by atoms with van der Waals surface area (Å²) in [6.45, 7) is 0.561. The average Bonchev–Trinajstić information content (AvgIpc) is 2.56. The Labute approximate surface area is 149 Å². The molecule has 0 aliphatic rings. The Kier molecular flexibility index (Phi) is 10.5. The molecular weight excluding hydrogens is 393 g/mol. The number of hydrogen-bond donors (Lipinski definition) is 2. The van der Waals surface area contributed by atoms with E-state index in [2.05, 4.69) is 46.0 Å². The van der Waals surface area contributed by atoms with E-state index in [0.29, 0.717) is 11.7 Å². The Balaban J connectivity index is 0.000000745. The molecule has 0 aliphatic heterocycles. The predicted molar refractivity (Wildman–Crippen MR) is 90.3 cm³/mol. The molecule has 0 unspecified atom stereocenters. The van der Waals surface area contributed by atoms with Crippen LogP contribution in [0.3, 0.4) is 0 Å². The number of aromatic nitrogens is 2. The van der Waals surface area contributed by atoms with Gasteiger partial charge in [0.05, 0.1) is 24.1 Å². The van der Waals surface area contributed by atoms with Gasteiger partial charge in [-0.1, -0.05) is 12.1 Å². The van der Waals surface area contributed by atoms with Crippen LogP contribution in [0.25, 0.3) is 0 Å². The zero-order valence-corrected chi connectivity index (χ0v) is 14.5. The van der Waals surface area contributed by atoms with Crippen LogP contribution in [0, 0.1) is 0 Å². The summed E-state index contributed by atoms with van der Waals surface area (Å²) in [5, 5.41) is 7.44. The maximum absolute atomic E-state index is 5.08. The van der Waals surface area contributed by atoms with Crippen molar-refractivity contribution in [3.8, 4) is 0 Å². The van der Waals surface area contributed by atoms with Crippen LogP contribution in [0.15, 0.2) is 53.9 Å². The van der Waals surface area contributed by atoms with Crippen LogP contribution < -0.4 is 10.7 Å². The van der Waals surface area contributed by atoms with Crippen molar-refractivity contribution in [2.24, 2.45) is 5.10 Å². The van der Waals surface area contributed by atoms with Gasteiger partial charge in [-0.2, -0.15) is 5.10 Å². The number of halogens is 2. The van der Waals surface area contributed by atoms with E-state index in [0.717, 1.165) is 24.5 Å². The van der Waals surface area contributed by atoms with E-state index >= 15 is 0 Å². The number of nitrogens with one attached hydrogen (secondary N) is 2. The summed E-state index contributed by atoms with van der Waals surface area (Å²) in [5.41, 5.74) is 4.41. The van der Waals surface area contributed by atoms with Gasteiger partial charge in [-0.15, -0.1) is 0 Å². The summed E-state index contributed by atoms with van der Waals surface area (Å²) in [5.74, 6) is 0. The molecule has 5 nitrogen and oxygen atoms in total. The van der Waals surface area contributed by atoms with Gasteiger partial charge in [-0.05, 0) is 36.5 Å². The van der Waals surface area contributed by atoms with Crippen LogP contribution in [-0.2, 0) is 19.7 Å². The number of thiocarbonyl (C=S) groups is 1. The Bertz CT molecular complexity index is 571. The first-order chi connectivity index (χ1) is 10.8. The molecule has 2 rings (SSSR count). The van der Waals surface area contributed by atoms with E-state index < -0.39 is 0 Å². The van der Waals surface area contributed by atoms with Gasteiger partial charge >= 0.3 is 33.3 Å². The van der Waals surface area contributed by atoms with Crippen LogP contribution in [0.5, 0.6) is 0 Å². The summed E-state index contributed by atoms with van der Waals surface area (Å²) >= 11 is 5.84. The predicted octanol–water partition coefficient (Wildman–Crippen LogP) is 2.85. The third kappa shape index (κ3) is 8.92. The van der Waals surface area contributed by atoms with Crippen LogP contribution in [-0.4, -0.2) is 21.3 Å². The molecule has 0 saturated heterocycles. The van der Waals surface area contributed by atoms with E-state index in [1.165, 1.54) is 0 Å². The normalized spacial score (nSPS) is 9.91. The average molecular weight is 406 g/mol. The van der Waals surface area contributed by atoms with E-state index in [9.17, 15) is 0 Å². The molecule has 2 aromatic rings. The Morgan fingerprint density at radius 2 is 1.86 bits per heavy atom. The van der Waals surface area contributed by atoms with Gasteiger partial charge < -0.3 is 5.32 Å². The van der Waals surface area contributed by atoms with Crippen LogP contribution in [0.2, 0.25) is 0 Å². The summed E-state index contributed by atoms with van der Waals surface area (Å²) in [7, 11) is 9.34. The molecular formula is C13H13Cl2CuN5S. The summed E-state index contributed by atoms with van der Waals surface area (Å²) in [6, 6.07) is 11.3. The van der Waals surface area contributed by atoms with Gasteiger partial charge in [0.25, 0.3) is 0 Å². The van der Waals surface area contributed by atoms with Crippen LogP contribution >= 0.6 is 32.4 Å². The Morgan fingerprint density at radius 3 is 2.45 bits per heavy atom. The fourth-order valence-electron chi connectivity index (χ4n) is 1.32. The molecule has 2 heterocycles. The fourth-order valence-corrected chi connectivity index (χ4v) is 1.45. The van der Waals surface area contributed by atoms with Crippen molar-refractivity contribution in [1.29, 1.82) is 0 Å². The molecule has 9 heteroatoms. The van der Waals surface area contributed by atoms with Crippen molar-refractivity contribution >= 4 is 43.7 Å². The SMILES string of the molecule is S=C(NCc1ccccn1)NN=Cc1ccccn1.[Cl][Cu][Cl]. The summed E-state index contributed by atoms with van der Waals surface area (Å²) in [6.07, 6.45) is 5.06. The summed E-state index contributed by atoms with van der Waals surface area (Å²) in [4.78, 5) is 8.29. The standard InChI is InChI=1S/C13H13N5S.2ClH.Cu/c19-13(16-9-11-5-1-3-7-14-11)18-17-10-12-6-2-4-8-15-12;;;/h1-8,10H,9H2,(H2,16,18,19);2*1H;/q;;;+2/p-2. The first-order valence-corrected chi connectivity index (χ1v) is 8.95. The molecule has 0 spiro atoms. The van der Waals surface area contributed by atoms with Crippen molar-refractivity contribution < 1.29 is 13.1 Å². The molecule has 2 N–H and O–H groups in total. The number of rotatable bonds is 4. The molecule has 0 aromatic carbocycles. The fraction of sp³-hybridized carbons (Fsp3) is 0.0769. The van der Waals surface area contributed by atoms with Gasteiger partial charge in [0.1, 0.15) is 0 Å². The number of nitrogens with zero attached hydrogens (tertiary/aromatic N) is 3. The van der Waals surface area contributed by atoms with E-state index in [1.807, 2.05) is 36.4 Å². The Morgan fingerprint density at radius 1 is 1.18 bits per heavy atom. The molecule has 0 saturated carbocycles. The van der Waals surface area contributed by atoms with Crippen molar-refractivity contribution in [2.45, 2.75) is 6.54 Å². The molecule has 0 bridgehead atoms. The van der Waals surface area contributed by atoms with E-state index in [1.54, 1.807) is 18.6 Å². The zero-order valence-electron chi connectivity index (χ0n) is 11.2. The number of hydrazone groups is 1. The third-order valence-electron chi connectivity index (χ3n) is 2.21. The number of pyridine rings is 2.